The summed E-state index contributed by atoms with van der Waals surface area (Å²) in [5.74, 6) is 1.79. The summed E-state index contributed by atoms with van der Waals surface area (Å²) in [5.41, 5.74) is 1.26. The number of aromatic nitrogens is 4. The Labute approximate surface area is 153 Å². The molecule has 1 saturated heterocycles. The first-order chi connectivity index (χ1) is 12.7. The van der Waals surface area contributed by atoms with Gasteiger partial charge in [0, 0.05) is 50.0 Å². The summed E-state index contributed by atoms with van der Waals surface area (Å²) in [5, 5.41) is 0. The van der Waals surface area contributed by atoms with Gasteiger partial charge in [0.15, 0.2) is 0 Å². The summed E-state index contributed by atoms with van der Waals surface area (Å²) in [4.78, 5) is 21.6. The minimum atomic E-state index is 0.113. The summed E-state index contributed by atoms with van der Waals surface area (Å²) in [7, 11) is 0. The Hall–Kier alpha value is -2.73. The number of aromatic amines is 1. The summed E-state index contributed by atoms with van der Waals surface area (Å²) in [6.07, 6.45) is 7.34. The van der Waals surface area contributed by atoms with Crippen LogP contribution in [0.15, 0.2) is 61.2 Å². The molecule has 0 amide bonds. The quantitative estimate of drug-likeness (QED) is 0.785. The van der Waals surface area contributed by atoms with Crippen molar-refractivity contribution >= 4 is 5.95 Å². The zero-order valence-corrected chi connectivity index (χ0v) is 15.2. The molecule has 1 N–H and O–H groups in total. The molecule has 2 aromatic heterocycles. The number of rotatable bonds is 4. The van der Waals surface area contributed by atoms with E-state index >= 15 is 0 Å². The van der Waals surface area contributed by atoms with E-state index in [2.05, 4.69) is 73.9 Å². The molecule has 6 nitrogen and oxygen atoms in total. The smallest absolute Gasteiger partial charge is 0.225 e. The first-order valence-corrected chi connectivity index (χ1v) is 9.07. The topological polar surface area (TPSA) is 60.9 Å². The molecule has 26 heavy (non-hydrogen) atoms. The van der Waals surface area contributed by atoms with Gasteiger partial charge in [-0.2, -0.15) is 0 Å². The lowest BCUT2D eigenvalue weighted by atomic mass is 9.99. The maximum Gasteiger partial charge on any atom is 0.225 e. The molecule has 0 bridgehead atoms. The molecule has 6 heteroatoms. The molecule has 1 aliphatic heterocycles. The fourth-order valence-corrected chi connectivity index (χ4v) is 3.80. The molecule has 134 valence electrons. The Morgan fingerprint density at radius 3 is 2.38 bits per heavy atom. The normalized spacial score (nSPS) is 22.3. The van der Waals surface area contributed by atoms with Gasteiger partial charge in [-0.15, -0.1) is 0 Å². The number of nitrogens with zero attached hydrogens (tertiary/aromatic N) is 5. The molecule has 1 aromatic carbocycles. The van der Waals surface area contributed by atoms with Crippen molar-refractivity contribution < 1.29 is 0 Å². The molecular formula is C20H24N6. The first kappa shape index (κ1) is 16.7. The van der Waals surface area contributed by atoms with Crippen molar-refractivity contribution in [3.8, 4) is 0 Å². The molecule has 3 heterocycles. The maximum absolute atomic E-state index is 4.57. The van der Waals surface area contributed by atoms with E-state index in [0.717, 1.165) is 24.9 Å². The number of anilines is 1. The van der Waals surface area contributed by atoms with Crippen LogP contribution in [0, 0.1) is 0 Å². The number of piperazine rings is 1. The van der Waals surface area contributed by atoms with E-state index in [4.69, 9.17) is 0 Å². The largest absolute Gasteiger partial charge is 0.347 e. The van der Waals surface area contributed by atoms with E-state index < -0.39 is 0 Å². The number of benzene rings is 1. The molecular weight excluding hydrogens is 324 g/mol. The van der Waals surface area contributed by atoms with E-state index in [1.807, 2.05) is 30.9 Å². The predicted molar refractivity (Wildman–Crippen MR) is 102 cm³/mol. The van der Waals surface area contributed by atoms with Gasteiger partial charge in [-0.05, 0) is 25.5 Å². The van der Waals surface area contributed by atoms with Crippen molar-refractivity contribution in [2.75, 3.05) is 18.0 Å². The molecule has 1 aliphatic rings. The predicted octanol–water partition coefficient (Wildman–Crippen LogP) is 2.89. The molecule has 0 saturated carbocycles. The van der Waals surface area contributed by atoms with Crippen LogP contribution in [0.1, 0.15) is 31.3 Å². The van der Waals surface area contributed by atoms with E-state index in [1.54, 1.807) is 0 Å². The van der Waals surface area contributed by atoms with Crippen LogP contribution in [0.4, 0.5) is 5.95 Å². The lowest BCUT2D eigenvalue weighted by molar-refractivity contribution is 0.125. The van der Waals surface area contributed by atoms with Gasteiger partial charge >= 0.3 is 0 Å². The lowest BCUT2D eigenvalue weighted by Crippen LogP contribution is -2.58. The van der Waals surface area contributed by atoms with Crippen molar-refractivity contribution in [1.82, 2.24) is 24.8 Å². The van der Waals surface area contributed by atoms with E-state index in [1.165, 1.54) is 5.56 Å². The number of hydrogen-bond acceptors (Lipinski definition) is 5. The highest BCUT2D eigenvalue weighted by atomic mass is 15.4. The Balaban J connectivity index is 1.64. The van der Waals surface area contributed by atoms with Gasteiger partial charge < -0.3 is 9.88 Å². The molecule has 3 atom stereocenters. The maximum atomic E-state index is 4.57. The van der Waals surface area contributed by atoms with Crippen molar-refractivity contribution in [2.24, 2.45) is 0 Å². The van der Waals surface area contributed by atoms with Crippen molar-refractivity contribution in [2.45, 2.75) is 32.0 Å². The molecule has 0 radical (unpaired) electrons. The fraction of sp³-hybridized carbons (Fsp3) is 0.350. The van der Waals surface area contributed by atoms with Gasteiger partial charge in [0.1, 0.15) is 5.82 Å². The lowest BCUT2D eigenvalue weighted by Gasteiger charge is -2.47. The number of hydrogen-bond donors (Lipinski definition) is 1. The van der Waals surface area contributed by atoms with Crippen molar-refractivity contribution in [3.63, 3.8) is 0 Å². The third kappa shape index (κ3) is 3.20. The average Bonchev–Trinajstić information content (AvgIpc) is 3.20. The number of nitrogens with one attached hydrogen (secondary N) is 1. The Morgan fingerprint density at radius 1 is 0.923 bits per heavy atom. The molecule has 3 aromatic rings. The van der Waals surface area contributed by atoms with Gasteiger partial charge in [0.25, 0.3) is 0 Å². The van der Waals surface area contributed by atoms with Crippen LogP contribution in [0.5, 0.6) is 0 Å². The summed E-state index contributed by atoms with van der Waals surface area (Å²) < 4.78 is 0. The van der Waals surface area contributed by atoms with Crippen LogP contribution in [-0.4, -0.2) is 50.0 Å². The van der Waals surface area contributed by atoms with Crippen molar-refractivity contribution in [3.05, 3.63) is 72.6 Å². The van der Waals surface area contributed by atoms with Gasteiger partial charge in [0.2, 0.25) is 5.95 Å². The van der Waals surface area contributed by atoms with E-state index in [-0.39, 0.29) is 6.04 Å². The van der Waals surface area contributed by atoms with Crippen LogP contribution in [0.3, 0.4) is 0 Å². The van der Waals surface area contributed by atoms with Crippen LogP contribution in [0.25, 0.3) is 0 Å². The highest BCUT2D eigenvalue weighted by Gasteiger charge is 2.36. The number of H-pyrrole nitrogens is 1. The summed E-state index contributed by atoms with van der Waals surface area (Å²) in [6, 6.07) is 13.2. The molecule has 4 rings (SSSR count). The Kier molecular flexibility index (Phi) is 4.67. The highest BCUT2D eigenvalue weighted by Crippen LogP contribution is 2.32. The van der Waals surface area contributed by atoms with Gasteiger partial charge in [-0.25, -0.2) is 15.0 Å². The van der Waals surface area contributed by atoms with Gasteiger partial charge in [-0.3, -0.25) is 4.90 Å². The molecule has 3 unspecified atom stereocenters. The van der Waals surface area contributed by atoms with E-state index in [0.29, 0.717) is 12.1 Å². The minimum Gasteiger partial charge on any atom is -0.347 e. The molecule has 0 spiro atoms. The van der Waals surface area contributed by atoms with Gasteiger partial charge in [-0.1, -0.05) is 30.3 Å². The van der Waals surface area contributed by atoms with E-state index in [9.17, 15) is 0 Å². The fourth-order valence-electron chi connectivity index (χ4n) is 3.80. The Bertz CT molecular complexity index is 805. The minimum absolute atomic E-state index is 0.113. The first-order valence-electron chi connectivity index (χ1n) is 9.07. The summed E-state index contributed by atoms with van der Waals surface area (Å²) >= 11 is 0. The SMILES string of the molecule is CC1CN(C(c2ccccc2)c2ncc[nH]2)C(C)CN1c1ncccn1. The zero-order chi connectivity index (χ0) is 17.9. The second-order valence-electron chi connectivity index (χ2n) is 6.88. The third-order valence-corrected chi connectivity index (χ3v) is 5.07. The van der Waals surface area contributed by atoms with Crippen LogP contribution in [-0.2, 0) is 0 Å². The van der Waals surface area contributed by atoms with Gasteiger partial charge in [0.05, 0.1) is 6.04 Å². The zero-order valence-electron chi connectivity index (χ0n) is 15.2. The average molecular weight is 348 g/mol. The molecule has 0 aliphatic carbocycles. The van der Waals surface area contributed by atoms with Crippen LogP contribution >= 0.6 is 0 Å². The summed E-state index contributed by atoms with van der Waals surface area (Å²) in [6.45, 7) is 6.30. The second kappa shape index (κ2) is 7.25. The van der Waals surface area contributed by atoms with Crippen LogP contribution < -0.4 is 4.90 Å². The monoisotopic (exact) mass is 348 g/mol. The second-order valence-corrected chi connectivity index (χ2v) is 6.88. The van der Waals surface area contributed by atoms with Crippen molar-refractivity contribution in [1.29, 1.82) is 0 Å². The molecule has 1 fully saturated rings. The van der Waals surface area contributed by atoms with Crippen LogP contribution in [0.2, 0.25) is 0 Å². The number of imidazole rings is 1. The third-order valence-electron chi connectivity index (χ3n) is 5.07. The standard InChI is InChI=1S/C20H24N6/c1-15-14-26(20-23-9-6-10-24-20)16(2)13-25(15)18(19-21-11-12-22-19)17-7-4-3-5-8-17/h3-12,15-16,18H,13-14H2,1-2H3,(H,21,22). The Morgan fingerprint density at radius 2 is 1.69 bits per heavy atom. The highest BCUT2D eigenvalue weighted by molar-refractivity contribution is 5.33.